The highest BCUT2D eigenvalue weighted by Gasteiger charge is 2.08. The lowest BCUT2D eigenvalue weighted by Gasteiger charge is -2.07. The number of hydrogen-bond acceptors (Lipinski definition) is 3. The fraction of sp³-hybridized carbons (Fsp3) is 0.211. The van der Waals surface area contributed by atoms with Gasteiger partial charge in [-0.2, -0.15) is 0 Å². The molecular weight excluding hydrogens is 276 g/mol. The molecule has 0 atom stereocenters. The molecule has 0 aliphatic carbocycles. The van der Waals surface area contributed by atoms with E-state index in [-0.39, 0.29) is 5.43 Å². The summed E-state index contributed by atoms with van der Waals surface area (Å²) in [6.07, 6.45) is 2.09. The van der Waals surface area contributed by atoms with E-state index in [9.17, 15) is 4.79 Å². The standard InChI is InChI=1S/C19H18O3/c1-2-3-11-21-15-9-10-16-17(20)13-18(22-19(16)12-15)14-7-5-4-6-8-14/h4-10,12-13H,2-3,11H2,1H3. The van der Waals surface area contributed by atoms with Crippen LogP contribution in [0.4, 0.5) is 0 Å². The molecule has 0 N–H and O–H groups in total. The average Bonchev–Trinajstić information content (AvgIpc) is 2.55. The first kappa shape index (κ1) is 14.4. The SMILES string of the molecule is CCCCOc1ccc2c(=O)cc(-c3ccccc3)oc2c1. The zero-order valence-electron chi connectivity index (χ0n) is 12.5. The van der Waals surface area contributed by atoms with Gasteiger partial charge in [0.15, 0.2) is 5.43 Å². The van der Waals surface area contributed by atoms with E-state index in [0.29, 0.717) is 23.3 Å². The van der Waals surface area contributed by atoms with Crippen molar-refractivity contribution in [2.24, 2.45) is 0 Å². The normalized spacial score (nSPS) is 10.8. The molecule has 0 spiro atoms. The van der Waals surface area contributed by atoms with Crippen LogP contribution in [0.25, 0.3) is 22.3 Å². The number of fused-ring (bicyclic) bond motifs is 1. The summed E-state index contributed by atoms with van der Waals surface area (Å²) < 4.78 is 11.6. The van der Waals surface area contributed by atoms with Gasteiger partial charge in [-0.1, -0.05) is 43.7 Å². The van der Waals surface area contributed by atoms with Gasteiger partial charge in [0.1, 0.15) is 17.1 Å². The fourth-order valence-corrected chi connectivity index (χ4v) is 2.30. The van der Waals surface area contributed by atoms with Gasteiger partial charge >= 0.3 is 0 Å². The van der Waals surface area contributed by atoms with Crippen LogP contribution in [0, 0.1) is 0 Å². The highest BCUT2D eigenvalue weighted by atomic mass is 16.5. The minimum atomic E-state index is -0.0415. The molecule has 0 amide bonds. The van der Waals surface area contributed by atoms with Crippen molar-refractivity contribution in [1.29, 1.82) is 0 Å². The number of unbranched alkanes of at least 4 members (excludes halogenated alkanes) is 1. The topological polar surface area (TPSA) is 39.4 Å². The summed E-state index contributed by atoms with van der Waals surface area (Å²) in [7, 11) is 0. The molecule has 3 nitrogen and oxygen atoms in total. The van der Waals surface area contributed by atoms with Crippen molar-refractivity contribution < 1.29 is 9.15 Å². The largest absolute Gasteiger partial charge is 0.493 e. The van der Waals surface area contributed by atoms with Crippen LogP contribution in [-0.2, 0) is 0 Å². The molecule has 22 heavy (non-hydrogen) atoms. The Bertz CT molecular complexity index is 819. The van der Waals surface area contributed by atoms with Gasteiger partial charge in [-0.3, -0.25) is 4.79 Å². The monoisotopic (exact) mass is 294 g/mol. The van der Waals surface area contributed by atoms with Crippen LogP contribution >= 0.6 is 0 Å². The van der Waals surface area contributed by atoms with Gasteiger partial charge in [-0.15, -0.1) is 0 Å². The predicted molar refractivity (Wildman–Crippen MR) is 88.3 cm³/mol. The number of ether oxygens (including phenoxy) is 1. The van der Waals surface area contributed by atoms with Crippen LogP contribution in [0.15, 0.2) is 63.8 Å². The summed E-state index contributed by atoms with van der Waals surface area (Å²) in [6.45, 7) is 2.79. The average molecular weight is 294 g/mol. The molecule has 0 unspecified atom stereocenters. The first-order valence-electron chi connectivity index (χ1n) is 7.54. The number of hydrogen-bond donors (Lipinski definition) is 0. The molecule has 0 bridgehead atoms. The van der Waals surface area contributed by atoms with Gasteiger partial charge in [0, 0.05) is 17.7 Å². The molecule has 0 saturated heterocycles. The molecule has 3 aromatic rings. The Kier molecular flexibility index (Phi) is 4.24. The predicted octanol–water partition coefficient (Wildman–Crippen LogP) is 4.64. The first-order chi connectivity index (χ1) is 10.8. The molecule has 1 aromatic heterocycles. The maximum atomic E-state index is 12.2. The van der Waals surface area contributed by atoms with E-state index in [4.69, 9.17) is 9.15 Å². The van der Waals surface area contributed by atoms with Gasteiger partial charge in [0.2, 0.25) is 0 Å². The molecule has 0 fully saturated rings. The van der Waals surface area contributed by atoms with Crippen LogP contribution < -0.4 is 10.2 Å². The highest BCUT2D eigenvalue weighted by Crippen LogP contribution is 2.24. The van der Waals surface area contributed by atoms with Crippen molar-refractivity contribution in [1.82, 2.24) is 0 Å². The highest BCUT2D eigenvalue weighted by molar-refractivity contribution is 5.80. The lowest BCUT2D eigenvalue weighted by atomic mass is 10.1. The second-order valence-corrected chi connectivity index (χ2v) is 5.20. The Morgan fingerprint density at radius 3 is 2.64 bits per heavy atom. The van der Waals surface area contributed by atoms with E-state index in [1.807, 2.05) is 36.4 Å². The van der Waals surface area contributed by atoms with Gasteiger partial charge in [0.25, 0.3) is 0 Å². The van der Waals surface area contributed by atoms with Crippen molar-refractivity contribution in [3.05, 3.63) is 64.8 Å². The van der Waals surface area contributed by atoms with E-state index in [2.05, 4.69) is 6.92 Å². The number of rotatable bonds is 5. The van der Waals surface area contributed by atoms with Crippen LogP contribution in [-0.4, -0.2) is 6.61 Å². The molecule has 3 heteroatoms. The van der Waals surface area contributed by atoms with Gasteiger partial charge in [-0.05, 0) is 18.6 Å². The van der Waals surface area contributed by atoms with Crippen LogP contribution in [0.3, 0.4) is 0 Å². The summed E-state index contributed by atoms with van der Waals surface area (Å²) in [6, 6.07) is 16.5. The third kappa shape index (κ3) is 3.03. The minimum Gasteiger partial charge on any atom is -0.493 e. The second-order valence-electron chi connectivity index (χ2n) is 5.20. The van der Waals surface area contributed by atoms with Crippen molar-refractivity contribution in [3.8, 4) is 17.1 Å². The Balaban J connectivity index is 2.01. The Morgan fingerprint density at radius 1 is 1.05 bits per heavy atom. The molecule has 0 radical (unpaired) electrons. The molecule has 3 rings (SSSR count). The van der Waals surface area contributed by atoms with Crippen molar-refractivity contribution >= 4 is 11.0 Å². The summed E-state index contributed by atoms with van der Waals surface area (Å²) >= 11 is 0. The molecular formula is C19H18O3. The lowest BCUT2D eigenvalue weighted by Crippen LogP contribution is -2.01. The summed E-state index contributed by atoms with van der Waals surface area (Å²) in [5.74, 6) is 1.30. The van der Waals surface area contributed by atoms with Crippen LogP contribution in [0.5, 0.6) is 5.75 Å². The molecule has 2 aromatic carbocycles. The molecule has 0 aliphatic rings. The Morgan fingerprint density at radius 2 is 1.86 bits per heavy atom. The molecule has 0 saturated carbocycles. The lowest BCUT2D eigenvalue weighted by molar-refractivity contribution is 0.309. The smallest absolute Gasteiger partial charge is 0.193 e. The molecule has 1 heterocycles. The van der Waals surface area contributed by atoms with E-state index in [0.717, 1.165) is 24.2 Å². The van der Waals surface area contributed by atoms with E-state index < -0.39 is 0 Å². The zero-order valence-corrected chi connectivity index (χ0v) is 12.5. The van der Waals surface area contributed by atoms with Crippen molar-refractivity contribution in [2.75, 3.05) is 6.61 Å². The Labute approximate surface area is 129 Å². The Hall–Kier alpha value is -2.55. The quantitative estimate of drug-likeness (QED) is 0.644. The first-order valence-corrected chi connectivity index (χ1v) is 7.54. The third-order valence-electron chi connectivity index (χ3n) is 3.53. The van der Waals surface area contributed by atoms with Gasteiger partial charge < -0.3 is 9.15 Å². The van der Waals surface area contributed by atoms with Crippen LogP contribution in [0.1, 0.15) is 19.8 Å². The summed E-state index contributed by atoms with van der Waals surface area (Å²) in [5, 5.41) is 0.572. The van der Waals surface area contributed by atoms with Gasteiger partial charge in [0.05, 0.1) is 12.0 Å². The summed E-state index contributed by atoms with van der Waals surface area (Å²) in [5.41, 5.74) is 1.40. The van der Waals surface area contributed by atoms with Crippen LogP contribution in [0.2, 0.25) is 0 Å². The fourth-order valence-electron chi connectivity index (χ4n) is 2.30. The van der Waals surface area contributed by atoms with E-state index in [1.54, 1.807) is 12.1 Å². The maximum absolute atomic E-state index is 12.2. The van der Waals surface area contributed by atoms with Crippen molar-refractivity contribution in [2.45, 2.75) is 19.8 Å². The number of benzene rings is 2. The minimum absolute atomic E-state index is 0.0415. The zero-order chi connectivity index (χ0) is 15.4. The van der Waals surface area contributed by atoms with E-state index in [1.165, 1.54) is 6.07 Å². The second kappa shape index (κ2) is 6.48. The van der Waals surface area contributed by atoms with E-state index >= 15 is 0 Å². The van der Waals surface area contributed by atoms with Gasteiger partial charge in [-0.25, -0.2) is 0 Å². The maximum Gasteiger partial charge on any atom is 0.193 e. The molecule has 0 aliphatic heterocycles. The molecule has 112 valence electrons. The third-order valence-corrected chi connectivity index (χ3v) is 3.53. The van der Waals surface area contributed by atoms with Crippen molar-refractivity contribution in [3.63, 3.8) is 0 Å². The summed E-state index contributed by atoms with van der Waals surface area (Å²) in [4.78, 5) is 12.2.